The Morgan fingerprint density at radius 3 is 1.20 bits per heavy atom. The van der Waals surface area contributed by atoms with Gasteiger partial charge in [0.05, 0.1) is 0 Å². The third kappa shape index (κ3) is 13.4. The molecule has 7 N–H and O–H groups in total. The smallest absolute Gasteiger partial charge is 0.418 e. The summed E-state index contributed by atoms with van der Waals surface area (Å²) in [4.78, 5) is 13.4. The maximum absolute atomic E-state index is 9.75. The summed E-state index contributed by atoms with van der Waals surface area (Å²) in [5, 5.41) is 0. The molecule has 0 saturated carbocycles. The summed E-state index contributed by atoms with van der Waals surface area (Å²) >= 11 is 0. The van der Waals surface area contributed by atoms with Gasteiger partial charge in [-0.15, -0.1) is 0 Å². The molecule has 0 bridgehead atoms. The van der Waals surface area contributed by atoms with Crippen LogP contribution in [-0.4, -0.2) is 22.2 Å². The molecule has 0 saturated heterocycles. The van der Waals surface area contributed by atoms with E-state index in [1.165, 1.54) is 0 Å². The Kier molecular flexibility index (Phi) is 7.33. The first kappa shape index (κ1) is 17.3. The predicted octanol–water partition coefficient (Wildman–Crippen LogP) is 0.419. The Bertz CT molecular complexity index is 413. The van der Waals surface area contributed by atoms with E-state index in [2.05, 4.69) is 19.9 Å². The monoisotopic (exact) mass is 293 g/mol. The van der Waals surface area contributed by atoms with Gasteiger partial charge in [-0.25, -0.2) is 4.98 Å². The van der Waals surface area contributed by atoms with Crippen molar-refractivity contribution < 1.29 is 22.2 Å². The van der Waals surface area contributed by atoms with Crippen molar-refractivity contribution in [2.45, 2.75) is 0 Å². The highest BCUT2D eigenvalue weighted by atomic mass is 19.5. The van der Waals surface area contributed by atoms with Crippen LogP contribution in [0.3, 0.4) is 0 Å². The average Bonchev–Trinajstić information content (AvgIpc) is 2.27. The lowest BCUT2D eigenvalue weighted by molar-refractivity contribution is -0.377. The number of H-pyrrole nitrogens is 1. The van der Waals surface area contributed by atoms with E-state index >= 15 is 0 Å². The Labute approximate surface area is 111 Å². The molecule has 0 atom stereocenters. The first-order valence-electron chi connectivity index (χ1n) is 4.99. The van der Waals surface area contributed by atoms with Gasteiger partial charge in [0.1, 0.15) is 0 Å². The first-order chi connectivity index (χ1) is 9.18. The van der Waals surface area contributed by atoms with Crippen LogP contribution in [0.15, 0.2) is 30.6 Å². The number of nitrogen functional groups attached to an aromatic ring is 3. The number of nitrogens with zero attached hydrogens (tertiary/aromatic N) is 3. The van der Waals surface area contributed by atoms with Gasteiger partial charge in [-0.2, -0.15) is 15.0 Å². The summed E-state index contributed by atoms with van der Waals surface area (Å²) in [5.74, 6) is 0.125. The fraction of sp³-hybridized carbons (Fsp3) is 0. The summed E-state index contributed by atoms with van der Waals surface area (Å²) < 4.78 is 39.0. The van der Waals surface area contributed by atoms with Crippen LogP contribution in [0.5, 0.6) is 0 Å². The van der Waals surface area contributed by atoms with Crippen molar-refractivity contribution in [3.05, 3.63) is 30.6 Å². The van der Waals surface area contributed by atoms with E-state index in [0.29, 0.717) is 0 Å². The molecule has 0 aliphatic heterocycles. The molecule has 0 radical (unpaired) electrons. The zero-order chi connectivity index (χ0) is 15.6. The lowest BCUT2D eigenvalue weighted by Crippen LogP contribution is -2.05. The largest absolute Gasteiger partial charge is 0.673 e. The number of halogens is 4. The van der Waals surface area contributed by atoms with Crippen molar-refractivity contribution in [3.8, 4) is 0 Å². The van der Waals surface area contributed by atoms with E-state index in [-0.39, 0.29) is 17.8 Å². The van der Waals surface area contributed by atoms with Crippen molar-refractivity contribution in [1.29, 1.82) is 0 Å². The lowest BCUT2D eigenvalue weighted by Gasteiger charge is -1.94. The SMILES string of the molecule is F[B-](F)(F)F.Nc1nc(N)nc(N)n1.c1cc[nH+]cc1. The molecule has 12 heteroatoms. The molecule has 2 rings (SSSR count). The summed E-state index contributed by atoms with van der Waals surface area (Å²) in [7, 11) is -6.00. The van der Waals surface area contributed by atoms with Crippen LogP contribution in [-0.2, 0) is 0 Å². The Hall–Kier alpha value is -2.66. The Morgan fingerprint density at radius 1 is 0.750 bits per heavy atom. The van der Waals surface area contributed by atoms with Gasteiger partial charge >= 0.3 is 7.25 Å². The van der Waals surface area contributed by atoms with Crippen LogP contribution >= 0.6 is 0 Å². The van der Waals surface area contributed by atoms with Gasteiger partial charge in [-0.1, -0.05) is 6.07 Å². The molecule has 0 amide bonds. The third-order valence-electron chi connectivity index (χ3n) is 1.29. The van der Waals surface area contributed by atoms with Crippen LogP contribution < -0.4 is 22.2 Å². The van der Waals surface area contributed by atoms with Gasteiger partial charge in [0.15, 0.2) is 12.4 Å². The number of hydrogen-bond donors (Lipinski definition) is 3. The predicted molar refractivity (Wildman–Crippen MR) is 66.2 cm³/mol. The molecule has 0 fully saturated rings. The molecule has 20 heavy (non-hydrogen) atoms. The topological polar surface area (TPSA) is 131 Å². The molecule has 0 aliphatic rings. The Balaban J connectivity index is 0.000000288. The quantitative estimate of drug-likeness (QED) is 0.476. The van der Waals surface area contributed by atoms with Crippen LogP contribution in [0, 0.1) is 0 Å². The van der Waals surface area contributed by atoms with Gasteiger partial charge in [-0.3, -0.25) is 0 Å². The third-order valence-corrected chi connectivity index (χ3v) is 1.29. The van der Waals surface area contributed by atoms with Crippen LogP contribution in [0.4, 0.5) is 35.1 Å². The number of pyridine rings is 1. The number of aromatic nitrogens is 4. The van der Waals surface area contributed by atoms with Crippen LogP contribution in [0.2, 0.25) is 0 Å². The summed E-state index contributed by atoms with van der Waals surface area (Å²) in [6.07, 6.45) is 3.75. The van der Waals surface area contributed by atoms with Crippen LogP contribution in [0.25, 0.3) is 0 Å². The molecule has 0 aliphatic carbocycles. The maximum atomic E-state index is 9.75. The molecule has 7 nitrogen and oxygen atoms in total. The molecular formula is C8H12BF4N7. The highest BCUT2D eigenvalue weighted by Gasteiger charge is 2.20. The van der Waals surface area contributed by atoms with E-state index in [4.69, 9.17) is 17.2 Å². The number of nitrogens with one attached hydrogen (secondary N) is 1. The molecule has 0 aromatic carbocycles. The van der Waals surface area contributed by atoms with E-state index in [0.717, 1.165) is 0 Å². The minimum atomic E-state index is -6.00. The van der Waals surface area contributed by atoms with Gasteiger partial charge < -0.3 is 34.5 Å². The van der Waals surface area contributed by atoms with Gasteiger partial charge in [0.2, 0.25) is 17.8 Å². The number of aromatic amines is 1. The second-order valence-electron chi connectivity index (χ2n) is 2.98. The van der Waals surface area contributed by atoms with E-state index < -0.39 is 7.25 Å². The number of rotatable bonds is 0. The zero-order valence-electron chi connectivity index (χ0n) is 10.0. The Morgan fingerprint density at radius 2 is 1.05 bits per heavy atom. The molecular weight excluding hydrogens is 281 g/mol. The first-order valence-corrected chi connectivity index (χ1v) is 4.99. The number of nitrogens with two attached hydrogens (primary N) is 3. The van der Waals surface area contributed by atoms with E-state index in [1.54, 1.807) is 0 Å². The van der Waals surface area contributed by atoms with Crippen molar-refractivity contribution in [1.82, 2.24) is 15.0 Å². The summed E-state index contributed by atoms with van der Waals surface area (Å²) in [6, 6.07) is 5.86. The van der Waals surface area contributed by atoms with E-state index in [1.807, 2.05) is 30.6 Å². The highest BCUT2D eigenvalue weighted by molar-refractivity contribution is 6.50. The minimum Gasteiger partial charge on any atom is -0.418 e. The lowest BCUT2D eigenvalue weighted by atomic mass is 10.3. The van der Waals surface area contributed by atoms with Gasteiger partial charge in [-0.05, 0) is 0 Å². The fourth-order valence-corrected chi connectivity index (χ4v) is 0.769. The fourth-order valence-electron chi connectivity index (χ4n) is 0.769. The van der Waals surface area contributed by atoms with Crippen molar-refractivity contribution >= 4 is 25.1 Å². The maximum Gasteiger partial charge on any atom is 0.673 e. The highest BCUT2D eigenvalue weighted by Crippen LogP contribution is 2.06. The minimum absolute atomic E-state index is 0.0417. The number of anilines is 3. The molecule has 2 heterocycles. The van der Waals surface area contributed by atoms with Gasteiger partial charge in [0, 0.05) is 12.1 Å². The molecule has 2 aromatic heterocycles. The van der Waals surface area contributed by atoms with Gasteiger partial charge in [0.25, 0.3) is 0 Å². The molecule has 2 aromatic rings. The summed E-state index contributed by atoms with van der Waals surface area (Å²) in [6.45, 7) is 0. The van der Waals surface area contributed by atoms with Crippen molar-refractivity contribution in [2.75, 3.05) is 17.2 Å². The average molecular weight is 293 g/mol. The molecule has 0 unspecified atom stereocenters. The zero-order valence-corrected chi connectivity index (χ0v) is 10.0. The second-order valence-corrected chi connectivity index (χ2v) is 2.98. The second kappa shape index (κ2) is 8.45. The summed E-state index contributed by atoms with van der Waals surface area (Å²) in [5.41, 5.74) is 15.4. The van der Waals surface area contributed by atoms with Crippen molar-refractivity contribution in [3.63, 3.8) is 0 Å². The normalized spacial score (nSPS) is 9.60. The van der Waals surface area contributed by atoms with E-state index in [9.17, 15) is 17.3 Å². The van der Waals surface area contributed by atoms with Crippen molar-refractivity contribution in [2.24, 2.45) is 0 Å². The van der Waals surface area contributed by atoms with Crippen LogP contribution in [0.1, 0.15) is 0 Å². The molecule has 110 valence electrons. The standard InChI is InChI=1S/C5H5N.C3H6N6.BF4/c1-2-4-6-5-3-1;4-1-7-2(5)9-3(6)8-1;2-1(3,4)5/h1-5H;(H6,4,5,6,7,8,9);/q;;-1/p+1. The molecule has 0 spiro atoms. The number of hydrogen-bond acceptors (Lipinski definition) is 6.